The SMILES string of the molecule is NCCn1cnc(C(=O)NCCNC(=O)C2CC2)c1. The molecule has 0 aromatic carbocycles. The van der Waals surface area contributed by atoms with Crippen LogP contribution in [0.4, 0.5) is 0 Å². The Morgan fingerprint density at radius 2 is 2.11 bits per heavy atom. The molecular formula is C12H19N5O2. The minimum Gasteiger partial charge on any atom is -0.354 e. The molecule has 0 radical (unpaired) electrons. The summed E-state index contributed by atoms with van der Waals surface area (Å²) in [5, 5.41) is 5.49. The van der Waals surface area contributed by atoms with Crippen molar-refractivity contribution in [3.8, 4) is 0 Å². The van der Waals surface area contributed by atoms with Crippen LogP contribution in [-0.4, -0.2) is 41.0 Å². The van der Waals surface area contributed by atoms with Crippen molar-refractivity contribution in [3.63, 3.8) is 0 Å². The van der Waals surface area contributed by atoms with Crippen LogP contribution < -0.4 is 16.4 Å². The van der Waals surface area contributed by atoms with Crippen molar-refractivity contribution in [2.24, 2.45) is 11.7 Å². The maximum atomic E-state index is 11.7. The lowest BCUT2D eigenvalue weighted by Gasteiger charge is -2.05. The molecule has 104 valence electrons. The topological polar surface area (TPSA) is 102 Å². The van der Waals surface area contributed by atoms with Crippen molar-refractivity contribution >= 4 is 11.8 Å². The number of nitrogens with two attached hydrogens (primary N) is 1. The number of nitrogens with one attached hydrogen (secondary N) is 2. The van der Waals surface area contributed by atoms with Gasteiger partial charge in [0.1, 0.15) is 5.69 Å². The van der Waals surface area contributed by atoms with Crippen LogP contribution in [0.3, 0.4) is 0 Å². The van der Waals surface area contributed by atoms with E-state index in [1.165, 1.54) is 0 Å². The summed E-state index contributed by atoms with van der Waals surface area (Å²) in [6, 6.07) is 0. The van der Waals surface area contributed by atoms with E-state index < -0.39 is 0 Å². The average Bonchev–Trinajstić information content (AvgIpc) is 3.15. The molecule has 0 spiro atoms. The summed E-state index contributed by atoms with van der Waals surface area (Å²) < 4.78 is 1.77. The van der Waals surface area contributed by atoms with E-state index in [4.69, 9.17) is 5.73 Å². The first-order valence-corrected chi connectivity index (χ1v) is 6.48. The van der Waals surface area contributed by atoms with Gasteiger partial charge in [0.2, 0.25) is 5.91 Å². The molecule has 2 rings (SSSR count). The smallest absolute Gasteiger partial charge is 0.271 e. The zero-order chi connectivity index (χ0) is 13.7. The number of aromatic nitrogens is 2. The standard InChI is InChI=1S/C12H19N5O2/c13-3-6-17-7-10(16-8-17)12(19)15-5-4-14-11(18)9-1-2-9/h7-9H,1-6,13H2,(H,14,18)(H,15,19). The normalized spacial score (nSPS) is 14.2. The summed E-state index contributed by atoms with van der Waals surface area (Å²) in [6.07, 6.45) is 5.20. The summed E-state index contributed by atoms with van der Waals surface area (Å²) >= 11 is 0. The van der Waals surface area contributed by atoms with Crippen molar-refractivity contribution in [1.82, 2.24) is 20.2 Å². The Morgan fingerprint density at radius 3 is 2.79 bits per heavy atom. The molecule has 1 aliphatic carbocycles. The highest BCUT2D eigenvalue weighted by molar-refractivity contribution is 5.92. The van der Waals surface area contributed by atoms with Gasteiger partial charge >= 0.3 is 0 Å². The Hall–Kier alpha value is -1.89. The van der Waals surface area contributed by atoms with Crippen molar-refractivity contribution < 1.29 is 9.59 Å². The van der Waals surface area contributed by atoms with E-state index >= 15 is 0 Å². The summed E-state index contributed by atoms with van der Waals surface area (Å²) in [7, 11) is 0. The van der Waals surface area contributed by atoms with Crippen LogP contribution in [0.15, 0.2) is 12.5 Å². The molecule has 0 saturated heterocycles. The second-order valence-corrected chi connectivity index (χ2v) is 4.61. The van der Waals surface area contributed by atoms with E-state index in [1.54, 1.807) is 17.1 Å². The predicted molar refractivity (Wildman–Crippen MR) is 69.3 cm³/mol. The third-order valence-corrected chi connectivity index (χ3v) is 2.91. The first kappa shape index (κ1) is 13.5. The van der Waals surface area contributed by atoms with Crippen LogP contribution in [0.5, 0.6) is 0 Å². The van der Waals surface area contributed by atoms with Crippen LogP contribution >= 0.6 is 0 Å². The summed E-state index contributed by atoms with van der Waals surface area (Å²) in [4.78, 5) is 27.1. The fourth-order valence-electron chi connectivity index (χ4n) is 1.69. The minimum atomic E-state index is -0.239. The van der Waals surface area contributed by atoms with Crippen molar-refractivity contribution in [2.75, 3.05) is 19.6 Å². The molecule has 1 aromatic heterocycles. The molecular weight excluding hydrogens is 246 g/mol. The lowest BCUT2D eigenvalue weighted by molar-refractivity contribution is -0.122. The van der Waals surface area contributed by atoms with E-state index in [0.29, 0.717) is 31.9 Å². The molecule has 7 nitrogen and oxygen atoms in total. The minimum absolute atomic E-state index is 0.0847. The van der Waals surface area contributed by atoms with Crippen LogP contribution in [0.25, 0.3) is 0 Å². The van der Waals surface area contributed by atoms with Crippen molar-refractivity contribution in [2.45, 2.75) is 19.4 Å². The molecule has 1 fully saturated rings. The molecule has 7 heteroatoms. The summed E-state index contributed by atoms with van der Waals surface area (Å²) in [6.45, 7) is 1.99. The monoisotopic (exact) mass is 265 g/mol. The summed E-state index contributed by atoms with van der Waals surface area (Å²) in [5.74, 6) is 0.0422. The molecule has 0 bridgehead atoms. The molecule has 1 aliphatic rings. The van der Waals surface area contributed by atoms with Gasteiger partial charge in [-0.2, -0.15) is 0 Å². The van der Waals surface area contributed by atoms with Gasteiger partial charge in [-0.15, -0.1) is 0 Å². The predicted octanol–water partition coefficient (Wildman–Crippen LogP) is -0.902. The van der Waals surface area contributed by atoms with Gasteiger partial charge < -0.3 is 20.9 Å². The molecule has 0 unspecified atom stereocenters. The molecule has 2 amide bonds. The zero-order valence-corrected chi connectivity index (χ0v) is 10.8. The maximum absolute atomic E-state index is 11.7. The number of hydrogen-bond donors (Lipinski definition) is 3. The average molecular weight is 265 g/mol. The lowest BCUT2D eigenvalue weighted by atomic mass is 10.4. The maximum Gasteiger partial charge on any atom is 0.271 e. The Balaban J connectivity index is 1.66. The number of carbonyl (C=O) groups excluding carboxylic acids is 2. The van der Waals surface area contributed by atoms with Gasteiger partial charge in [0.15, 0.2) is 0 Å². The van der Waals surface area contributed by atoms with E-state index in [9.17, 15) is 9.59 Å². The van der Waals surface area contributed by atoms with Gasteiger partial charge in [0.05, 0.1) is 6.33 Å². The van der Waals surface area contributed by atoms with Crippen molar-refractivity contribution in [3.05, 3.63) is 18.2 Å². The fraction of sp³-hybridized carbons (Fsp3) is 0.583. The largest absolute Gasteiger partial charge is 0.354 e. The molecule has 1 heterocycles. The van der Waals surface area contributed by atoms with E-state index in [0.717, 1.165) is 12.8 Å². The number of nitrogens with zero attached hydrogens (tertiary/aromatic N) is 2. The van der Waals surface area contributed by atoms with Crippen LogP contribution in [-0.2, 0) is 11.3 Å². The van der Waals surface area contributed by atoms with Crippen LogP contribution in [0.2, 0.25) is 0 Å². The number of imidazole rings is 1. The number of hydrogen-bond acceptors (Lipinski definition) is 4. The molecule has 19 heavy (non-hydrogen) atoms. The van der Waals surface area contributed by atoms with Gasteiger partial charge in [-0.25, -0.2) is 4.98 Å². The highest BCUT2D eigenvalue weighted by atomic mass is 16.2. The lowest BCUT2D eigenvalue weighted by Crippen LogP contribution is -2.35. The Kier molecular flexibility index (Phi) is 4.51. The van der Waals surface area contributed by atoms with E-state index in [2.05, 4.69) is 15.6 Å². The van der Waals surface area contributed by atoms with Crippen LogP contribution in [0.1, 0.15) is 23.3 Å². The number of rotatable bonds is 7. The Labute approximate surface area is 111 Å². The second-order valence-electron chi connectivity index (χ2n) is 4.61. The quantitative estimate of drug-likeness (QED) is 0.556. The Bertz CT molecular complexity index is 453. The molecule has 1 saturated carbocycles. The molecule has 4 N–H and O–H groups in total. The summed E-state index contributed by atoms with van der Waals surface area (Å²) in [5.41, 5.74) is 5.78. The van der Waals surface area contributed by atoms with Gasteiger partial charge in [-0.1, -0.05) is 0 Å². The van der Waals surface area contributed by atoms with Gasteiger partial charge in [0, 0.05) is 38.3 Å². The fourth-order valence-corrected chi connectivity index (χ4v) is 1.69. The third-order valence-electron chi connectivity index (χ3n) is 2.91. The Morgan fingerprint density at radius 1 is 1.37 bits per heavy atom. The molecule has 0 aliphatic heterocycles. The number of carbonyl (C=O) groups is 2. The number of amides is 2. The van der Waals surface area contributed by atoms with Crippen LogP contribution in [0, 0.1) is 5.92 Å². The van der Waals surface area contributed by atoms with Gasteiger partial charge in [0.25, 0.3) is 5.91 Å². The molecule has 0 atom stereocenters. The van der Waals surface area contributed by atoms with Gasteiger partial charge in [-0.3, -0.25) is 9.59 Å². The molecule has 1 aromatic rings. The highest BCUT2D eigenvalue weighted by Gasteiger charge is 2.28. The highest BCUT2D eigenvalue weighted by Crippen LogP contribution is 2.28. The van der Waals surface area contributed by atoms with Gasteiger partial charge in [-0.05, 0) is 12.8 Å². The van der Waals surface area contributed by atoms with E-state index in [-0.39, 0.29) is 17.7 Å². The van der Waals surface area contributed by atoms with Crippen molar-refractivity contribution in [1.29, 1.82) is 0 Å². The van der Waals surface area contributed by atoms with E-state index in [1.807, 2.05) is 0 Å². The first-order valence-electron chi connectivity index (χ1n) is 6.48. The third kappa shape index (κ3) is 4.06. The zero-order valence-electron chi connectivity index (χ0n) is 10.8. The second kappa shape index (κ2) is 6.33. The first-order chi connectivity index (χ1) is 9.20.